The number of aryl methyl sites for hydroxylation is 1. The molecule has 1 aromatic rings. The monoisotopic (exact) mass is 344 g/mol. The minimum absolute atomic E-state index is 0. The quantitative estimate of drug-likeness (QED) is 0.737. The zero-order chi connectivity index (χ0) is 15.8. The molecule has 1 unspecified atom stereocenters. The smallest absolute Gasteiger partial charge is 0.119 e. The lowest BCUT2D eigenvalue weighted by molar-refractivity contribution is 0.0428. The molecule has 1 aliphatic heterocycles. The van der Waals surface area contributed by atoms with Gasteiger partial charge >= 0.3 is 0 Å². The third-order valence-electron chi connectivity index (χ3n) is 4.12. The maximum Gasteiger partial charge on any atom is 0.119 e. The molecule has 1 fully saturated rings. The maximum atomic E-state index is 10.1. The van der Waals surface area contributed by atoms with Gasteiger partial charge < -0.3 is 14.9 Å². The van der Waals surface area contributed by atoms with Gasteiger partial charge in [-0.3, -0.25) is 9.80 Å². The molecule has 5 nitrogen and oxygen atoms in total. The molecule has 0 aromatic heterocycles. The van der Waals surface area contributed by atoms with E-state index in [2.05, 4.69) is 28.9 Å². The summed E-state index contributed by atoms with van der Waals surface area (Å²) in [5.74, 6) is 0.809. The third kappa shape index (κ3) is 7.06. The molecule has 1 heterocycles. The highest BCUT2D eigenvalue weighted by atomic mass is 35.5. The molecule has 0 aliphatic carbocycles. The first kappa shape index (κ1) is 20.2. The van der Waals surface area contributed by atoms with Gasteiger partial charge in [0.05, 0.1) is 6.61 Å². The summed E-state index contributed by atoms with van der Waals surface area (Å²) in [6.07, 6.45) is 0.542. The van der Waals surface area contributed by atoms with E-state index in [1.54, 1.807) is 0 Å². The molecule has 0 saturated carbocycles. The molecule has 0 radical (unpaired) electrons. The fourth-order valence-electron chi connectivity index (χ4n) is 2.70. The Morgan fingerprint density at radius 3 is 2.26 bits per heavy atom. The second-order valence-electron chi connectivity index (χ2n) is 5.83. The second kappa shape index (κ2) is 10.8. The molecule has 6 heteroatoms. The molecule has 0 amide bonds. The van der Waals surface area contributed by atoms with Crippen molar-refractivity contribution in [2.45, 2.75) is 19.4 Å². The number of benzene rings is 1. The predicted octanol–water partition coefficient (Wildman–Crippen LogP) is 1.02. The summed E-state index contributed by atoms with van der Waals surface area (Å²) in [4.78, 5) is 4.50. The standard InChI is InChI=1S/C17H28N2O3.ClH/c1-2-15-3-5-17(6-4-15)22-14-16(21)13-19-9-7-18(8-10-19)11-12-20;/h3-6,16,20-21H,2,7-14H2,1H3;1H. The van der Waals surface area contributed by atoms with Gasteiger partial charge in [-0.1, -0.05) is 19.1 Å². The molecule has 1 saturated heterocycles. The molecule has 0 bridgehead atoms. The summed E-state index contributed by atoms with van der Waals surface area (Å²) in [5.41, 5.74) is 1.29. The number of piperazine rings is 1. The SMILES string of the molecule is CCc1ccc(OCC(O)CN2CCN(CCO)CC2)cc1.Cl. The number of halogens is 1. The molecule has 2 N–H and O–H groups in total. The van der Waals surface area contributed by atoms with E-state index in [4.69, 9.17) is 9.84 Å². The van der Waals surface area contributed by atoms with Crippen molar-refractivity contribution < 1.29 is 14.9 Å². The number of hydrogen-bond acceptors (Lipinski definition) is 5. The minimum Gasteiger partial charge on any atom is -0.491 e. The fourth-order valence-corrected chi connectivity index (χ4v) is 2.70. The summed E-state index contributed by atoms with van der Waals surface area (Å²) < 4.78 is 5.65. The fraction of sp³-hybridized carbons (Fsp3) is 0.647. The number of hydrogen-bond donors (Lipinski definition) is 2. The Hall–Kier alpha value is -0.850. The Morgan fingerprint density at radius 1 is 1.09 bits per heavy atom. The number of rotatable bonds is 8. The van der Waals surface area contributed by atoms with Crippen LogP contribution in [0.1, 0.15) is 12.5 Å². The Morgan fingerprint density at radius 2 is 1.70 bits per heavy atom. The van der Waals surface area contributed by atoms with E-state index >= 15 is 0 Å². The first-order valence-corrected chi connectivity index (χ1v) is 8.16. The molecule has 1 aliphatic rings. The van der Waals surface area contributed by atoms with Gasteiger partial charge in [-0.25, -0.2) is 0 Å². The highest BCUT2D eigenvalue weighted by Crippen LogP contribution is 2.13. The number of nitrogens with zero attached hydrogens (tertiary/aromatic N) is 2. The second-order valence-corrected chi connectivity index (χ2v) is 5.83. The van der Waals surface area contributed by atoms with Gasteiger partial charge in [-0.15, -0.1) is 12.4 Å². The Labute approximate surface area is 145 Å². The van der Waals surface area contributed by atoms with Crippen LogP contribution in [0, 0.1) is 0 Å². The van der Waals surface area contributed by atoms with Crippen LogP contribution in [0.15, 0.2) is 24.3 Å². The van der Waals surface area contributed by atoms with Crippen molar-refractivity contribution in [3.8, 4) is 5.75 Å². The van der Waals surface area contributed by atoms with Crippen molar-refractivity contribution in [1.82, 2.24) is 9.80 Å². The van der Waals surface area contributed by atoms with E-state index in [9.17, 15) is 5.11 Å². The molecular weight excluding hydrogens is 316 g/mol. The van der Waals surface area contributed by atoms with Gasteiger partial charge in [-0.2, -0.15) is 0 Å². The summed E-state index contributed by atoms with van der Waals surface area (Å²) in [6.45, 7) is 7.81. The summed E-state index contributed by atoms with van der Waals surface area (Å²) >= 11 is 0. The van der Waals surface area contributed by atoms with Crippen LogP contribution in [-0.4, -0.2) is 78.6 Å². The topological polar surface area (TPSA) is 56.2 Å². The van der Waals surface area contributed by atoms with Crippen molar-refractivity contribution in [1.29, 1.82) is 0 Å². The summed E-state index contributed by atoms with van der Waals surface area (Å²) in [5, 5.41) is 19.0. The third-order valence-corrected chi connectivity index (χ3v) is 4.12. The minimum atomic E-state index is -0.477. The maximum absolute atomic E-state index is 10.1. The van der Waals surface area contributed by atoms with Gasteiger partial charge in [0, 0.05) is 39.3 Å². The van der Waals surface area contributed by atoms with Gasteiger partial charge in [0.1, 0.15) is 18.5 Å². The van der Waals surface area contributed by atoms with Gasteiger partial charge in [0.15, 0.2) is 0 Å². The number of aliphatic hydroxyl groups is 2. The van der Waals surface area contributed by atoms with E-state index in [0.717, 1.165) is 44.9 Å². The van der Waals surface area contributed by atoms with Crippen LogP contribution in [0.3, 0.4) is 0 Å². The van der Waals surface area contributed by atoms with E-state index in [1.807, 2.05) is 12.1 Å². The molecular formula is C17H29ClN2O3. The first-order valence-electron chi connectivity index (χ1n) is 8.16. The number of aliphatic hydroxyl groups excluding tert-OH is 2. The van der Waals surface area contributed by atoms with E-state index in [1.165, 1.54) is 5.56 Å². The van der Waals surface area contributed by atoms with Crippen LogP contribution in [-0.2, 0) is 6.42 Å². The summed E-state index contributed by atoms with van der Waals surface area (Å²) in [7, 11) is 0. The lowest BCUT2D eigenvalue weighted by Crippen LogP contribution is -2.49. The normalized spacial score (nSPS) is 17.5. The highest BCUT2D eigenvalue weighted by molar-refractivity contribution is 5.85. The van der Waals surface area contributed by atoms with Crippen LogP contribution < -0.4 is 4.74 Å². The number of β-amino-alcohol motifs (C(OH)–C–C–N with tert-alkyl or cyclic N) is 2. The van der Waals surface area contributed by atoms with Gasteiger partial charge in [0.25, 0.3) is 0 Å². The Kier molecular flexibility index (Phi) is 9.52. The zero-order valence-corrected chi connectivity index (χ0v) is 14.7. The van der Waals surface area contributed by atoms with Crippen LogP contribution in [0.5, 0.6) is 5.75 Å². The van der Waals surface area contributed by atoms with Crippen LogP contribution in [0.2, 0.25) is 0 Å². The van der Waals surface area contributed by atoms with Crippen molar-refractivity contribution in [2.24, 2.45) is 0 Å². The van der Waals surface area contributed by atoms with Crippen molar-refractivity contribution >= 4 is 12.4 Å². The van der Waals surface area contributed by atoms with Gasteiger partial charge in [-0.05, 0) is 24.1 Å². The molecule has 1 atom stereocenters. The van der Waals surface area contributed by atoms with Crippen LogP contribution >= 0.6 is 12.4 Å². The van der Waals surface area contributed by atoms with Crippen molar-refractivity contribution in [3.05, 3.63) is 29.8 Å². The van der Waals surface area contributed by atoms with E-state index < -0.39 is 6.10 Å². The van der Waals surface area contributed by atoms with Gasteiger partial charge in [0.2, 0.25) is 0 Å². The van der Waals surface area contributed by atoms with Crippen LogP contribution in [0.25, 0.3) is 0 Å². The van der Waals surface area contributed by atoms with Crippen LogP contribution in [0.4, 0.5) is 0 Å². The lowest BCUT2D eigenvalue weighted by Gasteiger charge is -2.35. The number of ether oxygens (including phenoxy) is 1. The lowest BCUT2D eigenvalue weighted by atomic mass is 10.2. The molecule has 2 rings (SSSR count). The average Bonchev–Trinajstić information content (AvgIpc) is 2.55. The zero-order valence-electron chi connectivity index (χ0n) is 13.9. The first-order chi connectivity index (χ1) is 10.7. The Bertz CT molecular complexity index is 422. The molecule has 23 heavy (non-hydrogen) atoms. The Balaban J connectivity index is 0.00000264. The summed E-state index contributed by atoms with van der Waals surface area (Å²) in [6, 6.07) is 8.03. The highest BCUT2D eigenvalue weighted by Gasteiger charge is 2.19. The molecule has 0 spiro atoms. The van der Waals surface area contributed by atoms with E-state index in [0.29, 0.717) is 13.2 Å². The van der Waals surface area contributed by atoms with E-state index in [-0.39, 0.29) is 19.0 Å². The molecule has 1 aromatic carbocycles. The average molecular weight is 345 g/mol. The van der Waals surface area contributed by atoms with Crippen molar-refractivity contribution in [3.63, 3.8) is 0 Å². The molecule has 132 valence electrons. The predicted molar refractivity (Wildman–Crippen MR) is 94.5 cm³/mol. The van der Waals surface area contributed by atoms with Crippen molar-refractivity contribution in [2.75, 3.05) is 52.5 Å². The largest absolute Gasteiger partial charge is 0.491 e.